The predicted octanol–water partition coefficient (Wildman–Crippen LogP) is 3.20. The highest BCUT2D eigenvalue weighted by atomic mass is 35.5. The van der Waals surface area contributed by atoms with Crippen molar-refractivity contribution in [3.8, 4) is 0 Å². The molecular weight excluding hydrogens is 282 g/mol. The van der Waals surface area contributed by atoms with E-state index in [1.54, 1.807) is 31.2 Å². The van der Waals surface area contributed by atoms with Crippen LogP contribution in [0.5, 0.6) is 0 Å². The SMILES string of the molecule is Cc1ncc([N+](=O)[O-])cc1C(=O)Nc1ccc(Cl)cc1. The highest BCUT2D eigenvalue weighted by Gasteiger charge is 2.15. The van der Waals surface area contributed by atoms with Crippen LogP contribution in [0, 0.1) is 17.0 Å². The lowest BCUT2D eigenvalue weighted by molar-refractivity contribution is -0.385. The molecule has 0 radical (unpaired) electrons. The molecule has 1 aromatic carbocycles. The van der Waals surface area contributed by atoms with Crippen molar-refractivity contribution in [2.24, 2.45) is 0 Å². The maximum absolute atomic E-state index is 12.1. The van der Waals surface area contributed by atoms with Crippen LogP contribution in [0.15, 0.2) is 36.5 Å². The fourth-order valence-corrected chi connectivity index (χ4v) is 1.71. The molecule has 0 saturated carbocycles. The summed E-state index contributed by atoms with van der Waals surface area (Å²) in [7, 11) is 0. The molecule has 1 N–H and O–H groups in total. The average Bonchev–Trinajstić information content (AvgIpc) is 2.41. The number of carbonyl (C=O) groups is 1. The number of nitrogens with zero attached hydrogens (tertiary/aromatic N) is 2. The average molecular weight is 292 g/mol. The highest BCUT2D eigenvalue weighted by Crippen LogP contribution is 2.18. The Labute approximate surface area is 119 Å². The molecule has 1 aromatic heterocycles. The second kappa shape index (κ2) is 5.66. The van der Waals surface area contributed by atoms with Gasteiger partial charge in [0, 0.05) is 16.8 Å². The Morgan fingerprint density at radius 3 is 2.60 bits per heavy atom. The Kier molecular flexibility index (Phi) is 3.95. The van der Waals surface area contributed by atoms with Gasteiger partial charge in [-0.1, -0.05) is 11.6 Å². The van der Waals surface area contributed by atoms with Crippen molar-refractivity contribution in [2.45, 2.75) is 6.92 Å². The number of rotatable bonds is 3. The molecule has 0 saturated heterocycles. The second-order valence-electron chi connectivity index (χ2n) is 4.04. The van der Waals surface area contributed by atoms with Crippen molar-refractivity contribution in [1.82, 2.24) is 4.98 Å². The topological polar surface area (TPSA) is 85.1 Å². The molecule has 0 fully saturated rings. The van der Waals surface area contributed by atoms with Gasteiger partial charge in [0.05, 0.1) is 16.2 Å². The zero-order valence-electron chi connectivity index (χ0n) is 10.5. The highest BCUT2D eigenvalue weighted by molar-refractivity contribution is 6.30. The van der Waals surface area contributed by atoms with Crippen LogP contribution in [0.25, 0.3) is 0 Å². The fraction of sp³-hybridized carbons (Fsp3) is 0.0769. The van der Waals surface area contributed by atoms with E-state index in [2.05, 4.69) is 10.3 Å². The van der Waals surface area contributed by atoms with E-state index in [-0.39, 0.29) is 11.3 Å². The minimum absolute atomic E-state index is 0.161. The number of aryl methyl sites for hydroxylation is 1. The van der Waals surface area contributed by atoms with Gasteiger partial charge in [-0.15, -0.1) is 0 Å². The number of amides is 1. The molecular formula is C13H10ClN3O3. The van der Waals surface area contributed by atoms with Crippen molar-refractivity contribution >= 4 is 28.9 Å². The number of carbonyl (C=O) groups excluding carboxylic acids is 1. The van der Waals surface area contributed by atoms with Crippen LogP contribution in [0.2, 0.25) is 5.02 Å². The summed E-state index contributed by atoms with van der Waals surface area (Å²) in [5, 5.41) is 13.9. The number of benzene rings is 1. The van der Waals surface area contributed by atoms with Gasteiger partial charge in [0.15, 0.2) is 0 Å². The molecule has 0 bridgehead atoms. The summed E-state index contributed by atoms with van der Waals surface area (Å²) >= 11 is 5.75. The van der Waals surface area contributed by atoms with Gasteiger partial charge in [-0.2, -0.15) is 0 Å². The van der Waals surface area contributed by atoms with Crippen LogP contribution in [-0.4, -0.2) is 15.8 Å². The lowest BCUT2D eigenvalue weighted by atomic mass is 10.1. The van der Waals surface area contributed by atoms with Gasteiger partial charge < -0.3 is 5.32 Å². The third kappa shape index (κ3) is 3.10. The Balaban J connectivity index is 2.26. The van der Waals surface area contributed by atoms with Crippen molar-refractivity contribution in [3.05, 3.63) is 62.9 Å². The van der Waals surface area contributed by atoms with E-state index in [9.17, 15) is 14.9 Å². The number of nitrogens with one attached hydrogen (secondary N) is 1. The number of hydrogen-bond donors (Lipinski definition) is 1. The van der Waals surface area contributed by atoms with Gasteiger partial charge in [0.25, 0.3) is 11.6 Å². The van der Waals surface area contributed by atoms with E-state index in [1.807, 2.05) is 0 Å². The number of aromatic nitrogens is 1. The Morgan fingerprint density at radius 1 is 1.35 bits per heavy atom. The number of nitro groups is 1. The van der Waals surface area contributed by atoms with Gasteiger partial charge in [0.2, 0.25) is 0 Å². The normalized spacial score (nSPS) is 10.1. The summed E-state index contributed by atoms with van der Waals surface area (Å²) in [5.41, 5.74) is 0.901. The molecule has 20 heavy (non-hydrogen) atoms. The standard InChI is InChI=1S/C13H10ClN3O3/c1-8-12(6-11(7-15-8)17(19)20)13(18)16-10-4-2-9(14)3-5-10/h2-7H,1H3,(H,16,18). The lowest BCUT2D eigenvalue weighted by Gasteiger charge is -2.07. The third-order valence-electron chi connectivity index (χ3n) is 2.63. The van der Waals surface area contributed by atoms with Gasteiger partial charge in [-0.3, -0.25) is 19.9 Å². The maximum Gasteiger partial charge on any atom is 0.288 e. The summed E-state index contributed by atoms with van der Waals surface area (Å²) in [6.07, 6.45) is 1.12. The molecule has 0 atom stereocenters. The Morgan fingerprint density at radius 2 is 2.00 bits per heavy atom. The first-order valence-electron chi connectivity index (χ1n) is 5.65. The first-order chi connectivity index (χ1) is 9.47. The van der Waals surface area contributed by atoms with Crippen molar-refractivity contribution in [1.29, 1.82) is 0 Å². The van der Waals surface area contributed by atoms with Crippen LogP contribution in [0.3, 0.4) is 0 Å². The molecule has 2 aromatic rings. The van der Waals surface area contributed by atoms with E-state index in [0.29, 0.717) is 16.4 Å². The third-order valence-corrected chi connectivity index (χ3v) is 2.88. The van der Waals surface area contributed by atoms with Gasteiger partial charge >= 0.3 is 0 Å². The summed E-state index contributed by atoms with van der Waals surface area (Å²) in [6.45, 7) is 1.61. The smallest absolute Gasteiger partial charge is 0.288 e. The molecule has 0 aliphatic rings. The molecule has 0 spiro atoms. The van der Waals surface area contributed by atoms with Crippen LogP contribution < -0.4 is 5.32 Å². The van der Waals surface area contributed by atoms with E-state index < -0.39 is 10.8 Å². The first kappa shape index (κ1) is 14.0. The van der Waals surface area contributed by atoms with Crippen molar-refractivity contribution < 1.29 is 9.72 Å². The number of halogens is 1. The monoisotopic (exact) mass is 291 g/mol. The molecule has 1 heterocycles. The number of anilines is 1. The molecule has 0 aliphatic carbocycles. The summed E-state index contributed by atoms with van der Waals surface area (Å²) in [6, 6.07) is 7.75. The molecule has 7 heteroatoms. The molecule has 0 aliphatic heterocycles. The van der Waals surface area contributed by atoms with Gasteiger partial charge in [0.1, 0.15) is 6.20 Å². The van der Waals surface area contributed by atoms with Crippen molar-refractivity contribution in [3.63, 3.8) is 0 Å². The summed E-state index contributed by atoms with van der Waals surface area (Å²) in [5.74, 6) is -0.457. The van der Waals surface area contributed by atoms with Crippen LogP contribution >= 0.6 is 11.6 Å². The number of pyridine rings is 1. The second-order valence-corrected chi connectivity index (χ2v) is 4.48. The number of hydrogen-bond acceptors (Lipinski definition) is 4. The Bertz CT molecular complexity index is 671. The lowest BCUT2D eigenvalue weighted by Crippen LogP contribution is -2.14. The van der Waals surface area contributed by atoms with E-state index in [4.69, 9.17) is 11.6 Å². The Hall–Kier alpha value is -2.47. The quantitative estimate of drug-likeness (QED) is 0.695. The van der Waals surface area contributed by atoms with E-state index in [0.717, 1.165) is 6.20 Å². The molecule has 0 unspecified atom stereocenters. The van der Waals surface area contributed by atoms with E-state index >= 15 is 0 Å². The first-order valence-corrected chi connectivity index (χ1v) is 6.03. The van der Waals surface area contributed by atoms with Crippen LogP contribution in [0.4, 0.5) is 11.4 Å². The molecule has 2 rings (SSSR count). The minimum atomic E-state index is -0.592. The summed E-state index contributed by atoms with van der Waals surface area (Å²) < 4.78 is 0. The molecule has 6 nitrogen and oxygen atoms in total. The molecule has 102 valence electrons. The predicted molar refractivity (Wildman–Crippen MR) is 75.0 cm³/mol. The van der Waals surface area contributed by atoms with Gasteiger partial charge in [-0.25, -0.2) is 0 Å². The maximum atomic E-state index is 12.1. The zero-order valence-corrected chi connectivity index (χ0v) is 11.2. The molecule has 1 amide bonds. The minimum Gasteiger partial charge on any atom is -0.322 e. The fourth-order valence-electron chi connectivity index (χ4n) is 1.58. The zero-order chi connectivity index (χ0) is 14.7. The largest absolute Gasteiger partial charge is 0.322 e. The summed E-state index contributed by atoms with van der Waals surface area (Å²) in [4.78, 5) is 26.1. The van der Waals surface area contributed by atoms with Gasteiger partial charge in [-0.05, 0) is 31.2 Å². The van der Waals surface area contributed by atoms with E-state index in [1.165, 1.54) is 6.07 Å². The van der Waals surface area contributed by atoms with Crippen LogP contribution in [-0.2, 0) is 0 Å². The van der Waals surface area contributed by atoms with Crippen molar-refractivity contribution in [2.75, 3.05) is 5.32 Å². The van der Waals surface area contributed by atoms with Crippen LogP contribution in [0.1, 0.15) is 16.1 Å².